The number of carbonyl (C=O) groups excluding carboxylic acids is 1. The summed E-state index contributed by atoms with van der Waals surface area (Å²) in [6.45, 7) is 8.20. The molecular weight excluding hydrogens is 716 g/mol. The van der Waals surface area contributed by atoms with Crippen LogP contribution in [0.15, 0.2) is 76.9 Å². The molecule has 1 atom stereocenters. The molecule has 12 nitrogen and oxygen atoms in total. The fourth-order valence-corrected chi connectivity index (χ4v) is 8.43. The molecule has 14 heteroatoms. The number of aliphatic hydroxyl groups excluding tert-OH is 1. The number of benzene rings is 2. The molecule has 1 fully saturated rings. The lowest BCUT2D eigenvalue weighted by Crippen LogP contribution is -2.48. The van der Waals surface area contributed by atoms with Gasteiger partial charge in [-0.15, -0.1) is 0 Å². The molecule has 0 radical (unpaired) electrons. The number of carboxylic acid groups (broad SMARTS) is 1. The van der Waals surface area contributed by atoms with Crippen molar-refractivity contribution in [1.82, 2.24) is 24.7 Å². The maximum atomic E-state index is 13.0. The minimum absolute atomic E-state index is 0.168. The first kappa shape index (κ1) is 36.5. The fraction of sp³-hybridized carbons (Fsp3) is 0.359. The van der Waals surface area contributed by atoms with Crippen molar-refractivity contribution in [2.24, 2.45) is 5.41 Å². The van der Waals surface area contributed by atoms with Gasteiger partial charge in [0.1, 0.15) is 22.1 Å². The number of nitrogens with zero attached hydrogens (tertiary/aromatic N) is 5. The van der Waals surface area contributed by atoms with Gasteiger partial charge < -0.3 is 34.3 Å². The molecule has 0 unspecified atom stereocenters. The van der Waals surface area contributed by atoms with Gasteiger partial charge in [-0.25, -0.2) is 24.5 Å². The van der Waals surface area contributed by atoms with E-state index in [2.05, 4.69) is 22.3 Å². The lowest BCUT2D eigenvalue weighted by Gasteiger charge is -2.44. The standard InChI is InChI=1S/C39H41ClN6O6S/c1-23-36(53-30-13-16-46-20-28(42-35(46)32(30)40)24-9-11-26(12-10-24)51-22-31(48)49)43-29(21-47)34(41-23)45-17-14-39(15-18-45)19-25-7-5-6-8-27(25)33(39)44-37(50)52-38(2,3)4/h5-13,16,20,33,47H,14-15,17-19,21-22H2,1-4H3,(H,44,50)(H,48,49)/t33-/m1/s1. The summed E-state index contributed by atoms with van der Waals surface area (Å²) in [6.07, 6.45) is 5.83. The molecule has 1 aliphatic carbocycles. The smallest absolute Gasteiger partial charge is 0.408 e. The maximum absolute atomic E-state index is 13.0. The third-order valence-electron chi connectivity index (χ3n) is 9.72. The molecule has 0 bridgehead atoms. The van der Waals surface area contributed by atoms with Gasteiger partial charge in [-0.05, 0) is 88.4 Å². The Morgan fingerprint density at radius 1 is 1.06 bits per heavy atom. The van der Waals surface area contributed by atoms with Gasteiger partial charge in [0.05, 0.1) is 29.1 Å². The Hall–Kier alpha value is -4.85. The van der Waals surface area contributed by atoms with Crippen LogP contribution >= 0.6 is 23.4 Å². The number of carboxylic acids is 1. The highest BCUT2D eigenvalue weighted by molar-refractivity contribution is 7.99. The Morgan fingerprint density at radius 3 is 2.49 bits per heavy atom. The molecule has 53 heavy (non-hydrogen) atoms. The van der Waals surface area contributed by atoms with E-state index in [0.717, 1.165) is 35.3 Å². The Labute approximate surface area is 316 Å². The Balaban J connectivity index is 1.07. The predicted molar refractivity (Wildman–Crippen MR) is 202 cm³/mol. The number of halogens is 1. The Morgan fingerprint density at radius 2 is 1.79 bits per heavy atom. The molecule has 1 amide bonds. The number of imidazole rings is 1. The SMILES string of the molecule is Cc1nc(N2CCC3(CC2)Cc2ccccc2[C@H]3NC(=O)OC(C)(C)C)c(CO)nc1Sc1ccn2cc(-c3ccc(OCC(=O)O)cc3)nc2c1Cl. The number of aliphatic carboxylic acids is 1. The van der Waals surface area contributed by atoms with Crippen LogP contribution in [0, 0.1) is 12.3 Å². The summed E-state index contributed by atoms with van der Waals surface area (Å²) in [5.41, 5.74) is 4.90. The van der Waals surface area contributed by atoms with E-state index in [0.29, 0.717) is 57.4 Å². The average Bonchev–Trinajstić information content (AvgIpc) is 3.69. The summed E-state index contributed by atoms with van der Waals surface area (Å²) in [5.74, 6) is 0.0701. The molecule has 1 saturated heterocycles. The fourth-order valence-electron chi connectivity index (χ4n) is 7.24. The van der Waals surface area contributed by atoms with E-state index in [-0.39, 0.29) is 18.1 Å². The van der Waals surface area contributed by atoms with E-state index in [1.807, 2.05) is 74.8 Å². The van der Waals surface area contributed by atoms with Crippen molar-refractivity contribution in [3.05, 3.63) is 94.5 Å². The van der Waals surface area contributed by atoms with Crippen molar-refractivity contribution >= 4 is 46.9 Å². The average molecular weight is 757 g/mol. The number of nitrogens with one attached hydrogen (secondary N) is 1. The van der Waals surface area contributed by atoms with Crippen LogP contribution in [0.2, 0.25) is 5.02 Å². The summed E-state index contributed by atoms with van der Waals surface area (Å²) in [4.78, 5) is 41.4. The third kappa shape index (κ3) is 7.64. The third-order valence-corrected chi connectivity index (χ3v) is 11.3. The van der Waals surface area contributed by atoms with Crippen LogP contribution in [0.25, 0.3) is 16.9 Å². The molecule has 0 saturated carbocycles. The second-order valence-electron chi connectivity index (χ2n) is 14.5. The number of fused-ring (bicyclic) bond motifs is 2. The number of anilines is 1. The number of ether oxygens (including phenoxy) is 2. The highest BCUT2D eigenvalue weighted by Crippen LogP contribution is 2.52. The number of aryl methyl sites for hydroxylation is 1. The van der Waals surface area contributed by atoms with Gasteiger partial charge in [-0.1, -0.05) is 47.6 Å². The number of pyridine rings is 1. The van der Waals surface area contributed by atoms with Crippen LogP contribution < -0.4 is 15.0 Å². The molecule has 276 valence electrons. The number of piperidine rings is 1. The van der Waals surface area contributed by atoms with E-state index >= 15 is 0 Å². The number of hydrogen-bond acceptors (Lipinski definition) is 10. The number of alkyl carbamates (subject to hydrolysis) is 1. The van der Waals surface area contributed by atoms with Crippen LogP contribution in [0.4, 0.5) is 10.6 Å². The van der Waals surface area contributed by atoms with E-state index in [1.165, 1.54) is 17.3 Å². The highest BCUT2D eigenvalue weighted by Gasteiger charge is 2.49. The maximum Gasteiger partial charge on any atom is 0.408 e. The largest absolute Gasteiger partial charge is 0.482 e. The molecule has 2 aromatic carbocycles. The van der Waals surface area contributed by atoms with E-state index in [1.54, 1.807) is 12.1 Å². The number of aromatic nitrogens is 4. The summed E-state index contributed by atoms with van der Waals surface area (Å²) in [5, 5.41) is 23.7. The Kier molecular flexibility index (Phi) is 10.0. The molecule has 1 spiro atoms. The monoisotopic (exact) mass is 756 g/mol. The molecule has 5 aromatic rings. The van der Waals surface area contributed by atoms with Crippen LogP contribution in [0.3, 0.4) is 0 Å². The van der Waals surface area contributed by atoms with Gasteiger partial charge >= 0.3 is 12.1 Å². The zero-order valence-corrected chi connectivity index (χ0v) is 31.5. The van der Waals surface area contributed by atoms with E-state index < -0.39 is 24.3 Å². The number of carbonyl (C=O) groups is 2. The molecule has 2 aliphatic rings. The zero-order valence-electron chi connectivity index (χ0n) is 29.9. The zero-order chi connectivity index (χ0) is 37.5. The van der Waals surface area contributed by atoms with Gasteiger partial charge in [0.15, 0.2) is 18.1 Å². The van der Waals surface area contributed by atoms with E-state index in [9.17, 15) is 14.7 Å². The normalized spacial score (nSPS) is 16.5. The Bertz CT molecular complexity index is 2180. The van der Waals surface area contributed by atoms with Crippen LogP contribution in [0.1, 0.15) is 62.2 Å². The van der Waals surface area contributed by atoms with Crippen molar-refractivity contribution in [1.29, 1.82) is 0 Å². The molecule has 4 heterocycles. The van der Waals surface area contributed by atoms with Crippen LogP contribution in [-0.2, 0) is 22.6 Å². The number of rotatable bonds is 9. The number of hydrogen-bond donors (Lipinski definition) is 3. The lowest BCUT2D eigenvalue weighted by atomic mass is 9.72. The number of aliphatic hydroxyl groups is 1. The predicted octanol–water partition coefficient (Wildman–Crippen LogP) is 7.27. The van der Waals surface area contributed by atoms with Gasteiger partial charge in [0.2, 0.25) is 0 Å². The summed E-state index contributed by atoms with van der Waals surface area (Å²) in [7, 11) is 0. The summed E-state index contributed by atoms with van der Waals surface area (Å²) in [6, 6.07) is 17.1. The van der Waals surface area contributed by atoms with Crippen molar-refractivity contribution in [2.45, 2.75) is 75.1 Å². The van der Waals surface area contributed by atoms with Gasteiger partial charge in [0, 0.05) is 41.4 Å². The van der Waals surface area contributed by atoms with Gasteiger partial charge in [0.25, 0.3) is 0 Å². The van der Waals surface area contributed by atoms with Gasteiger partial charge in [-0.2, -0.15) is 0 Å². The first-order valence-corrected chi connectivity index (χ1v) is 18.6. The second-order valence-corrected chi connectivity index (χ2v) is 15.9. The molecular formula is C39H41ClN6O6S. The van der Waals surface area contributed by atoms with Crippen molar-refractivity contribution in [3.63, 3.8) is 0 Å². The summed E-state index contributed by atoms with van der Waals surface area (Å²) < 4.78 is 12.7. The number of amides is 1. The quantitative estimate of drug-likeness (QED) is 0.139. The van der Waals surface area contributed by atoms with Crippen LogP contribution in [-0.4, -0.2) is 66.9 Å². The second kappa shape index (κ2) is 14.5. The summed E-state index contributed by atoms with van der Waals surface area (Å²) >= 11 is 8.28. The minimum atomic E-state index is -1.04. The molecule has 3 aromatic heterocycles. The minimum Gasteiger partial charge on any atom is -0.482 e. The topological polar surface area (TPSA) is 151 Å². The van der Waals surface area contributed by atoms with E-state index in [4.69, 9.17) is 41.1 Å². The van der Waals surface area contributed by atoms with Crippen LogP contribution in [0.5, 0.6) is 5.75 Å². The first-order chi connectivity index (χ1) is 25.3. The van der Waals surface area contributed by atoms with Crippen molar-refractivity contribution in [3.8, 4) is 17.0 Å². The lowest BCUT2D eigenvalue weighted by molar-refractivity contribution is -0.139. The molecule has 3 N–H and O–H groups in total. The van der Waals surface area contributed by atoms with Gasteiger partial charge in [-0.3, -0.25) is 0 Å². The van der Waals surface area contributed by atoms with Crippen molar-refractivity contribution < 1.29 is 29.3 Å². The first-order valence-electron chi connectivity index (χ1n) is 17.4. The molecule has 1 aliphatic heterocycles. The van der Waals surface area contributed by atoms with Crippen molar-refractivity contribution in [2.75, 3.05) is 24.6 Å². The molecule has 7 rings (SSSR count). The highest BCUT2D eigenvalue weighted by atomic mass is 35.5.